The Kier molecular flexibility index (Phi) is 2.79. The lowest BCUT2D eigenvalue weighted by Gasteiger charge is -2.00. The van der Waals surface area contributed by atoms with Crippen LogP contribution in [0.4, 0.5) is 0 Å². The minimum Gasteiger partial charge on any atom is -0.327 e. The first kappa shape index (κ1) is 9.61. The fourth-order valence-corrected chi connectivity index (χ4v) is 2.22. The van der Waals surface area contributed by atoms with Gasteiger partial charge in [-0.05, 0) is 13.0 Å². The topological polar surface area (TPSA) is 46.4 Å². The molecule has 5 heteroatoms. The summed E-state index contributed by atoms with van der Waals surface area (Å²) in [5.41, 5.74) is 0. The van der Waals surface area contributed by atoms with Crippen molar-refractivity contribution in [2.45, 2.75) is 6.42 Å². The van der Waals surface area contributed by atoms with Crippen molar-refractivity contribution in [3.63, 3.8) is 0 Å². The number of carbonyl (C=O) groups excluding carboxylic acids is 1. The van der Waals surface area contributed by atoms with E-state index in [9.17, 15) is 4.79 Å². The van der Waals surface area contributed by atoms with Crippen LogP contribution in [-0.2, 0) is 11.8 Å². The lowest BCUT2D eigenvalue weighted by molar-refractivity contribution is -0.121. The Labute approximate surface area is 86.3 Å². The molecule has 0 saturated carbocycles. The molecule has 1 aliphatic rings. The monoisotopic (exact) mass is 211 g/mol. The fraction of sp³-hybridized carbons (Fsp3) is 0.556. The Morgan fingerprint density at radius 3 is 3.21 bits per heavy atom. The zero-order valence-electron chi connectivity index (χ0n) is 8.06. The number of nitrogens with one attached hydrogen (secondary N) is 1. The van der Waals surface area contributed by atoms with E-state index in [1.807, 2.05) is 23.2 Å². The van der Waals surface area contributed by atoms with E-state index in [1.54, 1.807) is 0 Å². The van der Waals surface area contributed by atoms with E-state index in [4.69, 9.17) is 0 Å². The van der Waals surface area contributed by atoms with Crippen LogP contribution in [0.3, 0.4) is 0 Å². The molecular formula is C9H13N3OS. The first-order valence-corrected chi connectivity index (χ1v) is 5.55. The van der Waals surface area contributed by atoms with E-state index in [1.165, 1.54) is 11.3 Å². The van der Waals surface area contributed by atoms with Crippen molar-refractivity contribution >= 4 is 17.2 Å². The van der Waals surface area contributed by atoms with Crippen molar-refractivity contribution in [2.24, 2.45) is 18.0 Å². The van der Waals surface area contributed by atoms with E-state index in [0.29, 0.717) is 0 Å². The lowest BCUT2D eigenvalue weighted by atomic mass is 10.1. The Bertz CT molecular complexity index is 387. The number of hydrogen-bond acceptors (Lipinski definition) is 3. The number of aryl methyl sites for hydroxylation is 1. The highest BCUT2D eigenvalue weighted by atomic mass is 32.1. The predicted octanol–water partition coefficient (Wildman–Crippen LogP) is 0.123. The molecule has 1 fully saturated rings. The van der Waals surface area contributed by atoms with Gasteiger partial charge in [0, 0.05) is 25.2 Å². The van der Waals surface area contributed by atoms with Crippen LogP contribution in [0.15, 0.2) is 16.6 Å². The van der Waals surface area contributed by atoms with Crippen molar-refractivity contribution in [1.29, 1.82) is 0 Å². The van der Waals surface area contributed by atoms with Crippen LogP contribution < -0.4 is 10.1 Å². The van der Waals surface area contributed by atoms with Crippen LogP contribution in [0.25, 0.3) is 0 Å². The molecule has 0 radical (unpaired) electrons. The van der Waals surface area contributed by atoms with Gasteiger partial charge in [-0.25, -0.2) is 0 Å². The third-order valence-corrected chi connectivity index (χ3v) is 3.22. The summed E-state index contributed by atoms with van der Waals surface area (Å²) in [5, 5.41) is 5.09. The second-order valence-electron chi connectivity index (χ2n) is 3.44. The summed E-state index contributed by atoms with van der Waals surface area (Å²) in [6.45, 7) is 1.71. The normalized spacial score (nSPS) is 22.9. The molecule has 1 amide bonds. The summed E-state index contributed by atoms with van der Waals surface area (Å²) < 4.78 is 1.87. The van der Waals surface area contributed by atoms with Gasteiger partial charge >= 0.3 is 0 Å². The molecule has 1 unspecified atom stereocenters. The van der Waals surface area contributed by atoms with Crippen molar-refractivity contribution in [1.82, 2.24) is 9.88 Å². The van der Waals surface area contributed by atoms with Crippen LogP contribution in [0.1, 0.15) is 6.42 Å². The third kappa shape index (κ3) is 1.93. The van der Waals surface area contributed by atoms with Crippen LogP contribution >= 0.6 is 11.3 Å². The maximum atomic E-state index is 11.7. The Morgan fingerprint density at radius 1 is 1.79 bits per heavy atom. The van der Waals surface area contributed by atoms with Gasteiger partial charge in [0.15, 0.2) is 4.80 Å². The molecular weight excluding hydrogens is 198 g/mol. The summed E-state index contributed by atoms with van der Waals surface area (Å²) in [5.74, 6) is 0.0881. The molecule has 1 aromatic heterocycles. The molecule has 0 aromatic carbocycles. The molecule has 1 atom stereocenters. The number of hydrogen-bond donors (Lipinski definition) is 1. The molecule has 4 nitrogen and oxygen atoms in total. The van der Waals surface area contributed by atoms with Gasteiger partial charge in [0.1, 0.15) is 0 Å². The second kappa shape index (κ2) is 4.06. The molecule has 2 rings (SSSR count). The zero-order valence-corrected chi connectivity index (χ0v) is 8.88. The lowest BCUT2D eigenvalue weighted by Crippen LogP contribution is -2.20. The number of nitrogens with zero attached hydrogens (tertiary/aromatic N) is 2. The van der Waals surface area contributed by atoms with Crippen LogP contribution in [0, 0.1) is 5.92 Å². The fourth-order valence-electron chi connectivity index (χ4n) is 1.49. The summed E-state index contributed by atoms with van der Waals surface area (Å²) in [4.78, 5) is 16.5. The first-order valence-electron chi connectivity index (χ1n) is 4.67. The largest absolute Gasteiger partial charge is 0.327 e. The van der Waals surface area contributed by atoms with Gasteiger partial charge < -0.3 is 9.88 Å². The molecule has 0 aliphatic carbocycles. The van der Waals surface area contributed by atoms with E-state index in [2.05, 4.69) is 10.3 Å². The summed E-state index contributed by atoms with van der Waals surface area (Å²) in [6, 6.07) is 0. The average Bonchev–Trinajstić information content (AvgIpc) is 2.77. The number of carbonyl (C=O) groups is 1. The van der Waals surface area contributed by atoms with Gasteiger partial charge in [-0.1, -0.05) is 0 Å². The van der Waals surface area contributed by atoms with Gasteiger partial charge in [-0.15, -0.1) is 11.3 Å². The minimum atomic E-state index is 0.00745. The molecule has 1 N–H and O–H groups in total. The summed E-state index contributed by atoms with van der Waals surface area (Å²) >= 11 is 1.49. The zero-order chi connectivity index (χ0) is 9.97. The first-order chi connectivity index (χ1) is 6.77. The summed E-state index contributed by atoms with van der Waals surface area (Å²) in [6.07, 6.45) is 2.82. The predicted molar refractivity (Wildman–Crippen MR) is 54.8 cm³/mol. The van der Waals surface area contributed by atoms with Gasteiger partial charge in [-0.2, -0.15) is 4.99 Å². The molecule has 1 aromatic rings. The van der Waals surface area contributed by atoms with Crippen molar-refractivity contribution in [3.05, 3.63) is 16.4 Å². The number of rotatable bonds is 1. The van der Waals surface area contributed by atoms with Crippen molar-refractivity contribution in [3.8, 4) is 0 Å². The number of thiazole rings is 1. The van der Waals surface area contributed by atoms with E-state index < -0.39 is 0 Å². The van der Waals surface area contributed by atoms with Gasteiger partial charge in [0.25, 0.3) is 5.91 Å². The summed E-state index contributed by atoms with van der Waals surface area (Å²) in [7, 11) is 1.90. The quantitative estimate of drug-likeness (QED) is 0.717. The molecule has 0 spiro atoms. The highest BCUT2D eigenvalue weighted by Gasteiger charge is 2.21. The Morgan fingerprint density at radius 2 is 2.64 bits per heavy atom. The standard InChI is InChI=1S/C9H13N3OS/c1-12-4-5-14-9(12)11-8(13)7-2-3-10-6-7/h4-5,7,10H,2-3,6H2,1H3. The SMILES string of the molecule is Cn1ccsc1=NC(=O)C1CCNC1. The minimum absolute atomic E-state index is 0.00745. The van der Waals surface area contributed by atoms with Crippen LogP contribution in [0.2, 0.25) is 0 Å². The van der Waals surface area contributed by atoms with E-state index in [0.717, 1.165) is 24.3 Å². The van der Waals surface area contributed by atoms with Crippen molar-refractivity contribution in [2.75, 3.05) is 13.1 Å². The van der Waals surface area contributed by atoms with Crippen molar-refractivity contribution < 1.29 is 4.79 Å². The maximum absolute atomic E-state index is 11.7. The molecule has 0 bridgehead atoms. The molecule has 14 heavy (non-hydrogen) atoms. The second-order valence-corrected chi connectivity index (χ2v) is 4.31. The Hall–Kier alpha value is -0.940. The molecule has 2 heterocycles. The molecule has 1 saturated heterocycles. The Balaban J connectivity index is 2.17. The number of amides is 1. The van der Waals surface area contributed by atoms with Crippen LogP contribution in [0.5, 0.6) is 0 Å². The molecule has 76 valence electrons. The highest BCUT2D eigenvalue weighted by Crippen LogP contribution is 2.08. The van der Waals surface area contributed by atoms with Gasteiger partial charge in [0.2, 0.25) is 0 Å². The third-order valence-electron chi connectivity index (χ3n) is 2.38. The van der Waals surface area contributed by atoms with Gasteiger partial charge in [-0.3, -0.25) is 4.79 Å². The average molecular weight is 211 g/mol. The van der Waals surface area contributed by atoms with Crippen LogP contribution in [-0.4, -0.2) is 23.6 Å². The molecule has 1 aliphatic heterocycles. The van der Waals surface area contributed by atoms with E-state index in [-0.39, 0.29) is 11.8 Å². The van der Waals surface area contributed by atoms with E-state index >= 15 is 0 Å². The number of aromatic nitrogens is 1. The smallest absolute Gasteiger partial charge is 0.252 e. The highest BCUT2D eigenvalue weighted by molar-refractivity contribution is 7.07. The maximum Gasteiger partial charge on any atom is 0.252 e. The van der Waals surface area contributed by atoms with Gasteiger partial charge in [0.05, 0.1) is 5.92 Å².